The summed E-state index contributed by atoms with van der Waals surface area (Å²) in [5, 5.41) is 0. The van der Waals surface area contributed by atoms with E-state index < -0.39 is 12.7 Å². The third-order valence-electron chi connectivity index (χ3n) is 0. The van der Waals surface area contributed by atoms with Crippen molar-refractivity contribution < 1.29 is 0 Å². The summed E-state index contributed by atoms with van der Waals surface area (Å²) >= 11 is -0.750. The molecule has 0 radical (unpaired) electrons. The van der Waals surface area contributed by atoms with Crippen LogP contribution in [0.25, 0.3) is 0 Å². The number of rotatable bonds is 0. The maximum atomic E-state index is 4.79. The topological polar surface area (TPSA) is 0 Å². The van der Waals surface area contributed by atoms with E-state index >= 15 is 0 Å². The van der Waals surface area contributed by atoms with Gasteiger partial charge in [0.2, 0.25) is 0 Å². The molecule has 2 heteroatoms. The molecule has 24 valence electrons. The molecule has 0 nitrogen and oxygen atoms in total. The second-order valence-corrected chi connectivity index (χ2v) is 8.96. The Morgan fingerprint density at radius 1 is 1.50 bits per heavy atom. The summed E-state index contributed by atoms with van der Waals surface area (Å²) in [5.41, 5.74) is 0. The van der Waals surface area contributed by atoms with Crippen LogP contribution >= 0.6 is 10.5 Å². The Balaban J connectivity index is 2.80. The van der Waals surface area contributed by atoms with Crippen molar-refractivity contribution >= 4 is 23.2 Å². The van der Waals surface area contributed by atoms with E-state index in [9.17, 15) is 0 Å². The second kappa shape index (κ2) is 2.03. The zero-order valence-electron chi connectivity index (χ0n) is 2.91. The number of hydrogen-bond donors (Lipinski definition) is 0. The molecule has 0 aliphatic carbocycles. The van der Waals surface area contributed by atoms with Gasteiger partial charge in [0.05, 0.1) is 0 Å². The fourth-order valence-corrected chi connectivity index (χ4v) is 0. The standard InChI is InChI=1S/C2H6GeS/c1-3(2)4/h1-2H3. The molecule has 0 aliphatic rings. The van der Waals surface area contributed by atoms with Gasteiger partial charge in [0.25, 0.3) is 0 Å². The number of hydrogen-bond acceptors (Lipinski definition) is 1. The monoisotopic (exact) mass is 136 g/mol. The van der Waals surface area contributed by atoms with E-state index in [4.69, 9.17) is 10.5 Å². The van der Waals surface area contributed by atoms with E-state index in [-0.39, 0.29) is 0 Å². The Hall–Kier alpha value is 0.763. The van der Waals surface area contributed by atoms with Crippen molar-refractivity contribution in [2.24, 2.45) is 0 Å². The van der Waals surface area contributed by atoms with Crippen molar-refractivity contribution in [1.29, 1.82) is 0 Å². The van der Waals surface area contributed by atoms with Crippen LogP contribution < -0.4 is 0 Å². The SMILES string of the molecule is [CH3][Ge]([CH3])=[S]. The van der Waals surface area contributed by atoms with Crippen molar-refractivity contribution in [3.05, 3.63) is 0 Å². The molecule has 0 spiro atoms. The Morgan fingerprint density at radius 3 is 1.50 bits per heavy atom. The van der Waals surface area contributed by atoms with Crippen molar-refractivity contribution in [3.63, 3.8) is 0 Å². The van der Waals surface area contributed by atoms with E-state index in [0.717, 1.165) is 0 Å². The van der Waals surface area contributed by atoms with Gasteiger partial charge in [-0.25, -0.2) is 0 Å². The summed E-state index contributed by atoms with van der Waals surface area (Å²) in [7, 11) is 4.79. The van der Waals surface area contributed by atoms with E-state index in [1.54, 1.807) is 0 Å². The van der Waals surface area contributed by atoms with Crippen LogP contribution in [0.1, 0.15) is 0 Å². The van der Waals surface area contributed by atoms with Crippen LogP contribution in [0.4, 0.5) is 0 Å². The molecule has 0 bridgehead atoms. The van der Waals surface area contributed by atoms with Crippen LogP contribution in [0.15, 0.2) is 0 Å². The summed E-state index contributed by atoms with van der Waals surface area (Å²) in [6.45, 7) is 0. The molecule has 0 unspecified atom stereocenters. The van der Waals surface area contributed by atoms with Gasteiger partial charge in [0.1, 0.15) is 0 Å². The molecule has 0 aromatic heterocycles. The van der Waals surface area contributed by atoms with Gasteiger partial charge in [-0.3, -0.25) is 0 Å². The summed E-state index contributed by atoms with van der Waals surface area (Å²) in [4.78, 5) is 0. The Bertz CT molecular complexity index is 29.0. The molecule has 0 atom stereocenters. The third kappa shape index (κ3) is 14.8. The third-order valence-corrected chi connectivity index (χ3v) is 0. The van der Waals surface area contributed by atoms with Gasteiger partial charge in [0.15, 0.2) is 0 Å². The van der Waals surface area contributed by atoms with Crippen LogP contribution in [0.2, 0.25) is 11.5 Å². The molecule has 0 rings (SSSR count). The quantitative estimate of drug-likeness (QED) is 0.452. The maximum absolute atomic E-state index is 4.79. The second-order valence-electron chi connectivity index (χ2n) is 0.908. The molecule has 0 aromatic rings. The van der Waals surface area contributed by atoms with Gasteiger partial charge in [-0.1, -0.05) is 0 Å². The van der Waals surface area contributed by atoms with Gasteiger partial charge in [-0.2, -0.15) is 0 Å². The van der Waals surface area contributed by atoms with Gasteiger partial charge in [-0.15, -0.1) is 0 Å². The fraction of sp³-hybridized carbons (Fsp3) is 1.00. The molecule has 0 amide bonds. The van der Waals surface area contributed by atoms with Gasteiger partial charge < -0.3 is 0 Å². The summed E-state index contributed by atoms with van der Waals surface area (Å²) in [6, 6.07) is 0. The van der Waals surface area contributed by atoms with Crippen molar-refractivity contribution in [1.82, 2.24) is 0 Å². The van der Waals surface area contributed by atoms with E-state index in [2.05, 4.69) is 11.5 Å². The van der Waals surface area contributed by atoms with E-state index in [1.807, 2.05) is 0 Å². The summed E-state index contributed by atoms with van der Waals surface area (Å²) < 4.78 is 0. The first-order valence-electron chi connectivity index (χ1n) is 1.20. The molecular formula is C2H6GeS. The molecule has 0 fully saturated rings. The first-order chi connectivity index (χ1) is 1.73. The van der Waals surface area contributed by atoms with E-state index in [1.165, 1.54) is 0 Å². The van der Waals surface area contributed by atoms with Crippen molar-refractivity contribution in [3.8, 4) is 0 Å². The zero-order chi connectivity index (χ0) is 3.58. The molecular weight excluding hydrogens is 129 g/mol. The first-order valence-corrected chi connectivity index (χ1v) is 8.38. The van der Waals surface area contributed by atoms with Crippen LogP contribution in [-0.4, -0.2) is 12.7 Å². The molecule has 0 N–H and O–H groups in total. The predicted octanol–water partition coefficient (Wildman–Crippen LogP) is 1.43. The fourth-order valence-electron chi connectivity index (χ4n) is 0. The minimum atomic E-state index is -0.750. The van der Waals surface area contributed by atoms with Crippen LogP contribution in [-0.2, 0) is 0 Å². The van der Waals surface area contributed by atoms with Crippen LogP contribution in [0.3, 0.4) is 0 Å². The Kier molecular flexibility index (Phi) is 2.42. The Morgan fingerprint density at radius 2 is 1.50 bits per heavy atom. The average molecular weight is 135 g/mol. The van der Waals surface area contributed by atoms with Crippen LogP contribution in [0, 0.1) is 0 Å². The predicted molar refractivity (Wildman–Crippen MR) is 25.1 cm³/mol. The summed E-state index contributed by atoms with van der Waals surface area (Å²) in [6.07, 6.45) is 0. The zero-order valence-corrected chi connectivity index (χ0v) is 5.82. The van der Waals surface area contributed by atoms with E-state index in [0.29, 0.717) is 0 Å². The van der Waals surface area contributed by atoms with Crippen molar-refractivity contribution in [2.75, 3.05) is 0 Å². The van der Waals surface area contributed by atoms with Gasteiger partial charge >= 0.3 is 34.7 Å². The minimum absolute atomic E-state index is 0.750. The molecule has 0 saturated heterocycles. The average Bonchev–Trinajstić information content (AvgIpc) is 0.811. The summed E-state index contributed by atoms with van der Waals surface area (Å²) in [5.74, 6) is 4.30. The first kappa shape index (κ1) is 4.76. The molecule has 0 aliphatic heterocycles. The van der Waals surface area contributed by atoms with Crippen molar-refractivity contribution in [2.45, 2.75) is 11.5 Å². The molecule has 0 aromatic carbocycles. The molecule has 0 heterocycles. The molecule has 4 heavy (non-hydrogen) atoms. The molecule has 0 saturated carbocycles. The Labute approximate surface area is 35.1 Å². The van der Waals surface area contributed by atoms with Crippen LogP contribution in [0.5, 0.6) is 0 Å². The van der Waals surface area contributed by atoms with Gasteiger partial charge in [-0.05, 0) is 0 Å². The van der Waals surface area contributed by atoms with Gasteiger partial charge in [0, 0.05) is 0 Å². The normalized spacial score (nSPS) is 6.50.